The summed E-state index contributed by atoms with van der Waals surface area (Å²) in [6, 6.07) is 9.33. The first-order chi connectivity index (χ1) is 16.8. The zero-order valence-electron chi connectivity index (χ0n) is 20.8. The van der Waals surface area contributed by atoms with Gasteiger partial charge in [0.15, 0.2) is 0 Å². The number of terminal acetylenes is 1. The molecular weight excluding hydrogens is 502 g/mol. The number of anilines is 1. The van der Waals surface area contributed by atoms with Crippen molar-refractivity contribution in [1.29, 1.82) is 0 Å². The van der Waals surface area contributed by atoms with E-state index in [0.29, 0.717) is 27.4 Å². The molecular formula is C26H30ClN3O5S. The van der Waals surface area contributed by atoms with Gasteiger partial charge in [0.2, 0.25) is 0 Å². The number of nitrogens with zero attached hydrogens (tertiary/aromatic N) is 1. The van der Waals surface area contributed by atoms with Gasteiger partial charge in [0.25, 0.3) is 11.8 Å². The van der Waals surface area contributed by atoms with E-state index in [2.05, 4.69) is 29.3 Å². The number of thiol groups is 1. The number of ether oxygens (including phenoxy) is 1. The standard InChI is InChI=1S/C26H30ClN3O5S/c1-7-30(24(33)19(14-36)28-25(34)35-26(4,5)6)22(17-11-12-20(31)16(3)13-17)23(32)29-21-15(2)9-8-10-18(21)27/h1,8-13,19,22,31,36H,14H2,2-6H3,(H,28,34)(H,29,32). The molecule has 3 N–H and O–H groups in total. The largest absolute Gasteiger partial charge is 0.508 e. The molecule has 192 valence electrons. The minimum Gasteiger partial charge on any atom is -0.508 e. The maximum absolute atomic E-state index is 13.6. The lowest BCUT2D eigenvalue weighted by Gasteiger charge is -2.30. The summed E-state index contributed by atoms with van der Waals surface area (Å²) in [6.07, 6.45) is 4.89. The van der Waals surface area contributed by atoms with Crippen LogP contribution in [0.5, 0.6) is 5.75 Å². The van der Waals surface area contributed by atoms with Crippen molar-refractivity contribution in [2.75, 3.05) is 11.1 Å². The van der Waals surface area contributed by atoms with Crippen molar-refractivity contribution in [3.63, 3.8) is 0 Å². The van der Waals surface area contributed by atoms with Crippen molar-refractivity contribution in [1.82, 2.24) is 10.2 Å². The second-order valence-corrected chi connectivity index (χ2v) is 9.86. The summed E-state index contributed by atoms with van der Waals surface area (Å²) in [6.45, 7) is 8.47. The van der Waals surface area contributed by atoms with E-state index in [4.69, 9.17) is 22.8 Å². The summed E-state index contributed by atoms with van der Waals surface area (Å²) in [5, 5.41) is 15.5. The Bertz CT molecular complexity index is 1170. The van der Waals surface area contributed by atoms with Crippen molar-refractivity contribution >= 4 is 47.8 Å². The second-order valence-electron chi connectivity index (χ2n) is 9.09. The Balaban J connectivity index is 2.49. The zero-order chi connectivity index (χ0) is 27.2. The van der Waals surface area contributed by atoms with Crippen LogP contribution < -0.4 is 10.6 Å². The van der Waals surface area contributed by atoms with Crippen LogP contribution in [0.2, 0.25) is 5.02 Å². The molecule has 0 radical (unpaired) electrons. The van der Waals surface area contributed by atoms with Gasteiger partial charge < -0.3 is 20.5 Å². The summed E-state index contributed by atoms with van der Waals surface area (Å²) < 4.78 is 5.23. The number of nitrogens with one attached hydrogen (secondary N) is 2. The van der Waals surface area contributed by atoms with Gasteiger partial charge in [-0.05, 0) is 69.5 Å². The SMILES string of the molecule is C#CN(C(=O)C(CS)NC(=O)OC(C)(C)C)C(C(=O)Nc1c(C)cccc1Cl)c1ccc(O)c(C)c1. The topological polar surface area (TPSA) is 108 Å². The van der Waals surface area contributed by atoms with Crippen molar-refractivity contribution < 1.29 is 24.2 Å². The van der Waals surface area contributed by atoms with Crippen molar-refractivity contribution in [2.24, 2.45) is 0 Å². The fourth-order valence-electron chi connectivity index (χ4n) is 3.32. The van der Waals surface area contributed by atoms with Crippen LogP contribution in [0, 0.1) is 26.3 Å². The van der Waals surface area contributed by atoms with Crippen LogP contribution in [0.15, 0.2) is 36.4 Å². The maximum Gasteiger partial charge on any atom is 0.408 e. The van der Waals surface area contributed by atoms with Gasteiger partial charge in [-0.15, -0.1) is 0 Å². The lowest BCUT2D eigenvalue weighted by Crippen LogP contribution is -2.51. The molecule has 2 rings (SSSR count). The highest BCUT2D eigenvalue weighted by molar-refractivity contribution is 7.80. The van der Waals surface area contributed by atoms with E-state index in [1.54, 1.807) is 58.9 Å². The number of carbonyl (C=O) groups is 3. The molecule has 0 heterocycles. The van der Waals surface area contributed by atoms with Gasteiger partial charge in [0, 0.05) is 11.8 Å². The van der Waals surface area contributed by atoms with Crippen LogP contribution >= 0.6 is 24.2 Å². The first-order valence-corrected chi connectivity index (χ1v) is 12.0. The van der Waals surface area contributed by atoms with Gasteiger partial charge >= 0.3 is 6.09 Å². The van der Waals surface area contributed by atoms with E-state index in [9.17, 15) is 19.5 Å². The molecule has 2 aromatic rings. The van der Waals surface area contributed by atoms with E-state index < -0.39 is 35.6 Å². The van der Waals surface area contributed by atoms with E-state index in [1.807, 2.05) is 0 Å². The molecule has 0 saturated carbocycles. The Morgan fingerprint density at radius 1 is 1.19 bits per heavy atom. The molecule has 2 aromatic carbocycles. The summed E-state index contributed by atoms with van der Waals surface area (Å²) >= 11 is 10.5. The number of hydrogen-bond acceptors (Lipinski definition) is 6. The van der Waals surface area contributed by atoms with Crippen LogP contribution in [0.25, 0.3) is 0 Å². The van der Waals surface area contributed by atoms with Gasteiger partial charge in [-0.25, -0.2) is 4.79 Å². The average Bonchev–Trinajstić information content (AvgIpc) is 2.78. The minimum absolute atomic E-state index is 0.0123. The molecule has 3 amide bonds. The Morgan fingerprint density at radius 2 is 1.86 bits per heavy atom. The number of phenols is 1. The number of carbonyl (C=O) groups excluding carboxylic acids is 3. The summed E-state index contributed by atoms with van der Waals surface area (Å²) in [7, 11) is 0. The number of aromatic hydroxyl groups is 1. The number of phenolic OH excluding ortho intramolecular Hbond substituents is 1. The Hall–Kier alpha value is -3.35. The first kappa shape index (κ1) is 28.9. The van der Waals surface area contributed by atoms with Gasteiger partial charge in [-0.2, -0.15) is 12.6 Å². The quantitative estimate of drug-likeness (QED) is 0.237. The molecule has 2 atom stereocenters. The molecule has 0 aliphatic rings. The smallest absolute Gasteiger partial charge is 0.408 e. The molecule has 0 aliphatic carbocycles. The number of halogens is 1. The van der Waals surface area contributed by atoms with E-state index >= 15 is 0 Å². The molecule has 10 heteroatoms. The number of rotatable bonds is 7. The number of aryl methyl sites for hydroxylation is 2. The molecule has 36 heavy (non-hydrogen) atoms. The lowest BCUT2D eigenvalue weighted by atomic mass is 10.0. The van der Waals surface area contributed by atoms with E-state index in [-0.39, 0.29) is 11.5 Å². The molecule has 0 fully saturated rings. The van der Waals surface area contributed by atoms with E-state index in [1.165, 1.54) is 12.1 Å². The summed E-state index contributed by atoms with van der Waals surface area (Å²) in [4.78, 5) is 40.2. The van der Waals surface area contributed by atoms with Gasteiger partial charge in [0.1, 0.15) is 23.4 Å². The summed E-state index contributed by atoms with van der Waals surface area (Å²) in [5.74, 6) is -1.49. The molecule has 2 unspecified atom stereocenters. The summed E-state index contributed by atoms with van der Waals surface area (Å²) in [5.41, 5.74) is 1.09. The van der Waals surface area contributed by atoms with Gasteiger partial charge in [-0.3, -0.25) is 14.5 Å². The maximum atomic E-state index is 13.6. The minimum atomic E-state index is -1.32. The van der Waals surface area contributed by atoms with Crippen LogP contribution in [-0.4, -0.2) is 45.3 Å². The van der Waals surface area contributed by atoms with Gasteiger partial charge in [-0.1, -0.05) is 36.2 Å². The molecule has 0 aromatic heterocycles. The normalized spacial score (nSPS) is 12.6. The van der Waals surface area contributed by atoms with Crippen molar-refractivity contribution in [3.8, 4) is 18.2 Å². The number of benzene rings is 2. The number of amides is 3. The van der Waals surface area contributed by atoms with Gasteiger partial charge in [0.05, 0.1) is 10.7 Å². The van der Waals surface area contributed by atoms with Crippen LogP contribution in [0.3, 0.4) is 0 Å². The zero-order valence-corrected chi connectivity index (χ0v) is 22.4. The molecule has 0 bridgehead atoms. The first-order valence-electron chi connectivity index (χ1n) is 11.0. The number of alkyl carbamates (subject to hydrolysis) is 1. The second kappa shape index (κ2) is 12.1. The predicted molar refractivity (Wildman–Crippen MR) is 143 cm³/mol. The van der Waals surface area contributed by atoms with Crippen molar-refractivity contribution in [2.45, 2.75) is 52.3 Å². The Morgan fingerprint density at radius 3 is 2.39 bits per heavy atom. The van der Waals surface area contributed by atoms with Crippen LogP contribution in [0.1, 0.15) is 43.5 Å². The third kappa shape index (κ3) is 7.33. The average molecular weight is 532 g/mol. The molecule has 0 spiro atoms. The number of para-hydroxylation sites is 1. The molecule has 0 aliphatic heterocycles. The molecule has 8 nitrogen and oxygen atoms in total. The third-order valence-electron chi connectivity index (χ3n) is 5.06. The monoisotopic (exact) mass is 531 g/mol. The lowest BCUT2D eigenvalue weighted by molar-refractivity contribution is -0.136. The number of hydrogen-bond donors (Lipinski definition) is 4. The van der Waals surface area contributed by atoms with Crippen molar-refractivity contribution in [3.05, 3.63) is 58.1 Å². The Labute approximate surface area is 221 Å². The highest BCUT2D eigenvalue weighted by Gasteiger charge is 2.36. The fraction of sp³-hybridized carbons (Fsp3) is 0.346. The Kier molecular flexibility index (Phi) is 9.68. The van der Waals surface area contributed by atoms with Crippen LogP contribution in [0.4, 0.5) is 10.5 Å². The molecule has 0 saturated heterocycles. The van der Waals surface area contributed by atoms with E-state index in [0.717, 1.165) is 4.90 Å². The fourth-order valence-corrected chi connectivity index (χ4v) is 3.83. The predicted octanol–water partition coefficient (Wildman–Crippen LogP) is 4.58. The highest BCUT2D eigenvalue weighted by atomic mass is 35.5. The van der Waals surface area contributed by atoms with Crippen LogP contribution in [-0.2, 0) is 14.3 Å². The highest BCUT2D eigenvalue weighted by Crippen LogP contribution is 2.30. The third-order valence-corrected chi connectivity index (χ3v) is 5.74.